The number of hydrogen-bond donors (Lipinski definition) is 2. The molecule has 132 valence electrons. The fraction of sp³-hybridized carbons (Fsp3) is 0.214. The highest BCUT2D eigenvalue weighted by atomic mass is 16.6. The second-order valence-electron chi connectivity index (χ2n) is 4.87. The molecule has 0 spiro atoms. The second-order valence-corrected chi connectivity index (χ2v) is 4.87. The number of ether oxygens (including phenoxy) is 2. The van der Waals surface area contributed by atoms with Crippen LogP contribution in [0.25, 0.3) is 0 Å². The highest BCUT2D eigenvalue weighted by Gasteiger charge is 2.18. The lowest BCUT2D eigenvalue weighted by atomic mass is 10.2. The van der Waals surface area contributed by atoms with Crippen LogP contribution in [-0.4, -0.2) is 26.7 Å². The summed E-state index contributed by atoms with van der Waals surface area (Å²) in [6.07, 6.45) is -0.343. The van der Waals surface area contributed by atoms with Crippen LogP contribution in [0.4, 0.5) is 21.2 Å². The van der Waals surface area contributed by atoms with Gasteiger partial charge < -0.3 is 25.3 Å². The zero-order valence-corrected chi connectivity index (χ0v) is 13.2. The van der Waals surface area contributed by atoms with Gasteiger partial charge in [-0.05, 0) is 22.6 Å². The lowest BCUT2D eigenvalue weighted by molar-refractivity contribution is -0.396. The lowest BCUT2D eigenvalue weighted by Crippen LogP contribution is -2.15. The number of nitro groups is 1. The first-order valence-corrected chi connectivity index (χ1v) is 6.96. The zero-order valence-electron chi connectivity index (χ0n) is 13.2. The molecular formula is C14H15N5O6. The van der Waals surface area contributed by atoms with Gasteiger partial charge in [-0.25, -0.2) is 14.2 Å². The quantitative estimate of drug-likeness (QED) is 0.594. The third-order valence-corrected chi connectivity index (χ3v) is 3.16. The van der Waals surface area contributed by atoms with Gasteiger partial charge in [0.1, 0.15) is 12.8 Å². The third kappa shape index (κ3) is 4.92. The number of aromatic nitrogens is 2. The normalized spacial score (nSPS) is 10.1. The molecule has 1 heterocycles. The predicted molar refractivity (Wildman–Crippen MR) is 84.5 cm³/mol. The van der Waals surface area contributed by atoms with Gasteiger partial charge in [-0.15, -0.1) is 0 Å². The zero-order chi connectivity index (χ0) is 18.4. The van der Waals surface area contributed by atoms with E-state index in [1.54, 1.807) is 24.3 Å². The van der Waals surface area contributed by atoms with Gasteiger partial charge >= 0.3 is 18.1 Å². The average Bonchev–Trinajstić information content (AvgIpc) is 2.93. The molecule has 1 aromatic heterocycles. The van der Waals surface area contributed by atoms with Crippen LogP contribution < -0.4 is 11.1 Å². The number of amides is 2. The summed E-state index contributed by atoms with van der Waals surface area (Å²) in [5.41, 5.74) is 6.40. The van der Waals surface area contributed by atoms with Gasteiger partial charge in [0.2, 0.25) is 0 Å². The fourth-order valence-electron chi connectivity index (χ4n) is 1.87. The van der Waals surface area contributed by atoms with Crippen LogP contribution in [0.1, 0.15) is 11.3 Å². The molecular weight excluding hydrogens is 334 g/mol. The Hall–Kier alpha value is -3.63. The summed E-state index contributed by atoms with van der Waals surface area (Å²) in [5, 5.41) is 13.2. The van der Waals surface area contributed by atoms with Crippen molar-refractivity contribution in [3.63, 3.8) is 0 Å². The molecule has 0 radical (unpaired) electrons. The van der Waals surface area contributed by atoms with Gasteiger partial charge in [0.25, 0.3) is 0 Å². The van der Waals surface area contributed by atoms with Crippen molar-refractivity contribution in [2.75, 3.05) is 5.32 Å². The smallest absolute Gasteiger partial charge is 0.434 e. The molecule has 0 fully saturated rings. The average molecular weight is 349 g/mol. The monoisotopic (exact) mass is 349 g/mol. The molecule has 0 saturated carbocycles. The molecule has 0 aliphatic heterocycles. The molecule has 0 bridgehead atoms. The Kier molecular flexibility index (Phi) is 5.50. The molecule has 3 N–H and O–H groups in total. The maximum Gasteiger partial charge on any atom is 0.434 e. The van der Waals surface area contributed by atoms with Crippen LogP contribution in [0.15, 0.2) is 30.5 Å². The van der Waals surface area contributed by atoms with Gasteiger partial charge in [0, 0.05) is 5.69 Å². The minimum absolute atomic E-state index is 0.0271. The van der Waals surface area contributed by atoms with Crippen molar-refractivity contribution in [2.45, 2.75) is 13.2 Å². The summed E-state index contributed by atoms with van der Waals surface area (Å²) in [4.78, 5) is 36.0. The van der Waals surface area contributed by atoms with Crippen LogP contribution in [-0.2, 0) is 29.7 Å². The highest BCUT2D eigenvalue weighted by Crippen LogP contribution is 2.13. The number of anilines is 1. The number of imidazole rings is 1. The summed E-state index contributed by atoms with van der Waals surface area (Å²) in [5.74, 6) is -0.340. The van der Waals surface area contributed by atoms with Crippen molar-refractivity contribution < 1.29 is 24.0 Å². The second kappa shape index (κ2) is 7.77. The van der Waals surface area contributed by atoms with E-state index in [2.05, 4.69) is 15.0 Å². The topological polar surface area (TPSA) is 152 Å². The Morgan fingerprint density at radius 3 is 2.52 bits per heavy atom. The van der Waals surface area contributed by atoms with E-state index in [9.17, 15) is 19.7 Å². The van der Waals surface area contributed by atoms with E-state index in [0.29, 0.717) is 16.9 Å². The Labute approximate surface area is 141 Å². The van der Waals surface area contributed by atoms with E-state index in [4.69, 9.17) is 10.5 Å². The van der Waals surface area contributed by atoms with Crippen LogP contribution >= 0.6 is 0 Å². The van der Waals surface area contributed by atoms with Crippen molar-refractivity contribution in [2.24, 2.45) is 12.8 Å². The first-order valence-electron chi connectivity index (χ1n) is 6.96. The predicted octanol–water partition coefficient (Wildman–Crippen LogP) is 1.67. The van der Waals surface area contributed by atoms with Crippen molar-refractivity contribution in [1.29, 1.82) is 0 Å². The maximum absolute atomic E-state index is 11.8. The first-order chi connectivity index (χ1) is 11.9. The summed E-state index contributed by atoms with van der Waals surface area (Å²) in [7, 11) is 1.45. The molecule has 0 aliphatic rings. The maximum atomic E-state index is 11.8. The Bertz CT molecular complexity index is 786. The summed E-state index contributed by atoms with van der Waals surface area (Å²) in [6.45, 7) is -0.146. The van der Waals surface area contributed by atoms with E-state index in [1.165, 1.54) is 17.8 Å². The summed E-state index contributed by atoms with van der Waals surface area (Å²) in [6, 6.07) is 6.47. The largest absolute Gasteiger partial charge is 0.445 e. The third-order valence-electron chi connectivity index (χ3n) is 3.16. The minimum Gasteiger partial charge on any atom is -0.445 e. The van der Waals surface area contributed by atoms with E-state index < -0.39 is 17.1 Å². The number of nitrogens with two attached hydrogens (primary N) is 1. The molecule has 1 aromatic carbocycles. The van der Waals surface area contributed by atoms with Gasteiger partial charge in [0.15, 0.2) is 12.3 Å². The number of carbonyl (C=O) groups is 2. The Morgan fingerprint density at radius 2 is 1.96 bits per heavy atom. The first kappa shape index (κ1) is 17.7. The number of hydrogen-bond acceptors (Lipinski definition) is 7. The molecule has 0 saturated heterocycles. The van der Waals surface area contributed by atoms with Crippen molar-refractivity contribution in [3.05, 3.63) is 51.8 Å². The minimum atomic E-state index is -0.874. The van der Waals surface area contributed by atoms with Gasteiger partial charge in [0.05, 0.1) is 7.05 Å². The number of primary amides is 1. The van der Waals surface area contributed by atoms with Crippen LogP contribution in [0, 0.1) is 10.1 Å². The SMILES string of the molecule is Cn1c(COC(=O)Nc2ccc(COC(N)=O)cc2)cnc1[N+](=O)[O-]. The van der Waals surface area contributed by atoms with Crippen molar-refractivity contribution in [1.82, 2.24) is 9.55 Å². The molecule has 2 rings (SSSR count). The Balaban J connectivity index is 1.86. The van der Waals surface area contributed by atoms with Gasteiger partial charge in [-0.3, -0.25) is 5.32 Å². The highest BCUT2D eigenvalue weighted by molar-refractivity contribution is 5.84. The van der Waals surface area contributed by atoms with E-state index in [-0.39, 0.29) is 19.2 Å². The van der Waals surface area contributed by atoms with Crippen molar-refractivity contribution in [3.8, 4) is 0 Å². The molecule has 11 heteroatoms. The van der Waals surface area contributed by atoms with Gasteiger partial charge in [-0.2, -0.15) is 0 Å². The molecule has 0 unspecified atom stereocenters. The van der Waals surface area contributed by atoms with E-state index in [0.717, 1.165) is 0 Å². The summed E-state index contributed by atoms with van der Waals surface area (Å²) < 4.78 is 10.9. The number of nitrogens with zero attached hydrogens (tertiary/aromatic N) is 3. The summed E-state index contributed by atoms with van der Waals surface area (Å²) >= 11 is 0. The Morgan fingerprint density at radius 1 is 1.28 bits per heavy atom. The fourth-order valence-corrected chi connectivity index (χ4v) is 1.87. The number of benzene rings is 1. The number of carbonyl (C=O) groups excluding carboxylic acids is 2. The molecule has 2 aromatic rings. The standard InChI is InChI=1S/C14H15N5O6/c1-18-11(6-16-13(18)19(22)23)8-25-14(21)17-10-4-2-9(3-5-10)7-24-12(15)20/h2-6H,7-8H2,1H3,(H2,15,20)(H,17,21). The lowest BCUT2D eigenvalue weighted by Gasteiger charge is -2.07. The van der Waals surface area contributed by atoms with E-state index >= 15 is 0 Å². The number of rotatable bonds is 6. The van der Waals surface area contributed by atoms with Gasteiger partial charge in [-0.1, -0.05) is 17.1 Å². The van der Waals surface area contributed by atoms with Crippen LogP contribution in [0.5, 0.6) is 0 Å². The molecule has 0 aliphatic carbocycles. The molecule has 11 nitrogen and oxygen atoms in total. The molecule has 2 amide bonds. The number of nitrogens with one attached hydrogen (secondary N) is 1. The van der Waals surface area contributed by atoms with Crippen molar-refractivity contribution >= 4 is 23.8 Å². The molecule has 0 atom stereocenters. The molecule has 25 heavy (non-hydrogen) atoms. The van der Waals surface area contributed by atoms with Crippen LogP contribution in [0.3, 0.4) is 0 Å². The van der Waals surface area contributed by atoms with E-state index in [1.807, 2.05) is 0 Å². The van der Waals surface area contributed by atoms with Crippen LogP contribution in [0.2, 0.25) is 0 Å².